The van der Waals surface area contributed by atoms with Crippen molar-refractivity contribution in [2.24, 2.45) is 34.5 Å². The fraction of sp³-hybridized carbons (Fsp3) is 0.548. The predicted molar refractivity (Wildman–Crippen MR) is 382 cm³/mol. The van der Waals surface area contributed by atoms with Crippen LogP contribution in [0.5, 0.6) is 23.0 Å². The normalized spacial score (nSPS) is 25.7. The molecule has 12 rings (SSSR count). The third-order valence-corrected chi connectivity index (χ3v) is 27.2. The number of nitrogens with zero attached hydrogens (tertiary/aromatic N) is 5. The Kier molecular flexibility index (Phi) is 19.8. The van der Waals surface area contributed by atoms with Gasteiger partial charge >= 0.3 is 6.09 Å². The second kappa shape index (κ2) is 26.9. The van der Waals surface area contributed by atoms with Gasteiger partial charge in [0.25, 0.3) is 0 Å². The monoisotopic (exact) mass is 1430 g/mol. The topological polar surface area (TPSA) is 291 Å². The van der Waals surface area contributed by atoms with Crippen LogP contribution in [0.25, 0.3) is 43.2 Å². The summed E-state index contributed by atoms with van der Waals surface area (Å²) >= 11 is 3.03. The van der Waals surface area contributed by atoms with Crippen molar-refractivity contribution in [2.45, 2.75) is 193 Å². The molecule has 3 amide bonds. The first-order valence-electron chi connectivity index (χ1n) is 33.9. The molecule has 2 saturated heterocycles. The number of likely N-dealkylation sites (tertiary alicyclic amines) is 1. The molecule has 6 fully saturated rings. The SMILES string of the molecule is C=C[C@@H]1C[C@]1(CC(=O)[C@@H]1[C@H](C)[C@@H](Oc2cc(-c3nc(C(C)C)cs3)nc3c(C)c(OC)ccc23)CN1C(=O)OC(C)(C)C)C(=O)NS(=O)(=O)C1(C)CC1.C=C[C@@H]1C[C@]1(CC(=O)[C@H]1NC[C@H](Oc2cc(-c3nc(C(C)C)cs3)nc3c(C)c(OC)ccc23)[C@H]1C)C(=O)NS(=O)(=O)C1(C)CC1. The summed E-state index contributed by atoms with van der Waals surface area (Å²) in [6.07, 6.45) is 3.83. The van der Waals surface area contributed by atoms with Crippen LogP contribution in [0.15, 0.2) is 72.5 Å². The van der Waals surface area contributed by atoms with E-state index < -0.39 is 93.9 Å². The van der Waals surface area contributed by atoms with Crippen LogP contribution in [0.1, 0.15) is 162 Å². The minimum absolute atomic E-state index is 0.0341. The first-order chi connectivity index (χ1) is 46.5. The number of allylic oxidation sites excluding steroid dienone is 2. The van der Waals surface area contributed by atoms with Gasteiger partial charge in [-0.05, 0) is 135 Å². The van der Waals surface area contributed by atoms with E-state index in [9.17, 15) is 40.8 Å². The maximum absolute atomic E-state index is 14.5. The number of thiazole rings is 2. The summed E-state index contributed by atoms with van der Waals surface area (Å²) < 4.78 is 84.8. The van der Waals surface area contributed by atoms with Crippen molar-refractivity contribution in [3.8, 4) is 44.4 Å². The lowest BCUT2D eigenvalue weighted by Gasteiger charge is -2.29. The van der Waals surface area contributed by atoms with Gasteiger partial charge in [-0.25, -0.2) is 41.6 Å². The molecule has 6 aromatic rings. The number of ketones is 2. The van der Waals surface area contributed by atoms with Crippen LogP contribution in [0.4, 0.5) is 4.79 Å². The zero-order valence-corrected chi connectivity index (χ0v) is 62.4. The highest BCUT2D eigenvalue weighted by Gasteiger charge is 2.64. The Morgan fingerprint density at radius 1 is 0.667 bits per heavy atom. The molecule has 4 aliphatic carbocycles. The van der Waals surface area contributed by atoms with Gasteiger partial charge in [-0.2, -0.15) is 0 Å². The smallest absolute Gasteiger partial charge is 0.411 e. The molecule has 2 aromatic carbocycles. The highest BCUT2D eigenvalue weighted by atomic mass is 32.2. The minimum Gasteiger partial charge on any atom is -0.496 e. The third-order valence-electron chi connectivity index (χ3n) is 21.1. The molecule has 3 N–H and O–H groups in total. The molecule has 0 bridgehead atoms. The van der Waals surface area contributed by atoms with E-state index in [1.807, 2.05) is 69.5 Å². The van der Waals surface area contributed by atoms with Gasteiger partial charge in [0, 0.05) is 76.0 Å². The van der Waals surface area contributed by atoms with Crippen molar-refractivity contribution in [3.05, 3.63) is 95.0 Å². The molecular weight excluding hydrogens is 1340 g/mol. The van der Waals surface area contributed by atoms with Crippen LogP contribution in [-0.4, -0.2) is 138 Å². The molecule has 0 unspecified atom stereocenters. The first-order valence-corrected chi connectivity index (χ1v) is 38.6. The van der Waals surface area contributed by atoms with Crippen molar-refractivity contribution >= 4 is 94.0 Å². The molecule has 10 atom stereocenters. The Hall–Kier alpha value is -7.39. The zero-order chi connectivity index (χ0) is 72.0. The number of hydrogen-bond donors (Lipinski definition) is 3. The van der Waals surface area contributed by atoms with Crippen molar-refractivity contribution < 1.29 is 64.5 Å². The van der Waals surface area contributed by atoms with E-state index in [1.165, 1.54) is 16.2 Å². The summed E-state index contributed by atoms with van der Waals surface area (Å²) in [5.41, 5.74) is 3.18. The highest BCUT2D eigenvalue weighted by molar-refractivity contribution is 7.92. The largest absolute Gasteiger partial charge is 0.496 e. The van der Waals surface area contributed by atoms with E-state index in [2.05, 4.69) is 61.0 Å². The van der Waals surface area contributed by atoms with Gasteiger partial charge in [-0.15, -0.1) is 35.8 Å². The Morgan fingerprint density at radius 3 is 1.48 bits per heavy atom. The molecule has 0 spiro atoms. The van der Waals surface area contributed by atoms with E-state index >= 15 is 0 Å². The van der Waals surface area contributed by atoms with Gasteiger partial charge in [-0.3, -0.25) is 33.5 Å². The summed E-state index contributed by atoms with van der Waals surface area (Å²) in [7, 11) is -4.52. The fourth-order valence-electron chi connectivity index (χ4n) is 13.5. The van der Waals surface area contributed by atoms with Gasteiger partial charge in [0.2, 0.25) is 31.9 Å². The number of methoxy groups -OCH3 is 2. The molecule has 4 saturated carbocycles. The van der Waals surface area contributed by atoms with Crippen LogP contribution < -0.4 is 33.7 Å². The van der Waals surface area contributed by atoms with E-state index in [1.54, 1.807) is 72.3 Å². The standard InChI is InChI=1S/C39H50N4O8S2.C34H42N4O6S2/c1-11-24-17-39(24,35(45)42-53(47,48)38(9)14-15-38)18-28(44)33-23(5)31(19-43(33)36(46)51-37(6,7)8)50-30-16-26(34-41-27(20-52-34)21(2)3)40-32-22(4)29(49-10)13-12-25(30)32;1-8-21-14-34(21,32(40)38-46(41,42)33(6)11-12-33)15-25(39)30-20(5)28(16-35-30)44-27-13-23(31-37-24(17-45-31)18(2)3)36-29-19(4)26(43-7)10-9-22(27)29/h11-13,16,20-21,23-24,31,33H,1,14-15,17-19H2,2-10H3,(H,42,45);8-10,13,17-18,20-21,28,30,35H,1,11-12,14-16H2,2-7H3,(H,38,40)/t23-,24-,31+,33+,39-;20-,21-,28+,30+,34-/m11/s1. The number of aryl methyl sites for hydroxylation is 2. The average Bonchev–Trinajstić information content (AvgIpc) is 1.58. The number of benzene rings is 2. The lowest BCUT2D eigenvalue weighted by molar-refractivity contribution is -0.132. The predicted octanol–water partition coefficient (Wildman–Crippen LogP) is 12.3. The fourth-order valence-corrected chi connectivity index (χ4v) is 18.1. The lowest BCUT2D eigenvalue weighted by atomic mass is 9.88. The maximum atomic E-state index is 14.5. The number of sulfonamides is 2. The van der Waals surface area contributed by atoms with Gasteiger partial charge in [0.15, 0.2) is 11.6 Å². The molecule has 4 aromatic heterocycles. The number of nitrogens with one attached hydrogen (secondary N) is 3. The highest BCUT2D eigenvalue weighted by Crippen LogP contribution is 2.59. The summed E-state index contributed by atoms with van der Waals surface area (Å²) in [5.74, 6) is -0.188. The first kappa shape index (κ1) is 72.8. The molecule has 99 heavy (non-hydrogen) atoms. The minimum atomic E-state index is -3.93. The van der Waals surface area contributed by atoms with Gasteiger partial charge in [0.05, 0.1) is 69.6 Å². The number of pyridine rings is 2. The van der Waals surface area contributed by atoms with E-state index in [-0.39, 0.29) is 67.1 Å². The Balaban J connectivity index is 0.000000202. The number of Topliss-reactive ketones (excluding diaryl/α,β-unsaturated/α-hetero) is 2. The molecule has 26 heteroatoms. The van der Waals surface area contributed by atoms with Crippen molar-refractivity contribution in [3.63, 3.8) is 0 Å². The maximum Gasteiger partial charge on any atom is 0.411 e. The second-order valence-corrected chi connectivity index (χ2v) is 36.1. The molecular formula is C73H92N8O14S4. The van der Waals surface area contributed by atoms with Crippen molar-refractivity contribution in [1.29, 1.82) is 0 Å². The summed E-state index contributed by atoms with van der Waals surface area (Å²) in [6.45, 7) is 32.7. The number of hydrogen-bond acceptors (Lipinski definition) is 21. The Bertz CT molecular complexity index is 4480. The van der Waals surface area contributed by atoms with Crippen LogP contribution >= 0.6 is 22.7 Å². The van der Waals surface area contributed by atoms with Gasteiger partial charge in [0.1, 0.15) is 68.3 Å². The quantitative estimate of drug-likeness (QED) is 0.0474. The molecule has 0 radical (unpaired) electrons. The molecule has 22 nitrogen and oxygen atoms in total. The van der Waals surface area contributed by atoms with Crippen LogP contribution in [0.3, 0.4) is 0 Å². The molecule has 6 heterocycles. The average molecular weight is 1430 g/mol. The molecule has 2 aliphatic heterocycles. The summed E-state index contributed by atoms with van der Waals surface area (Å²) in [6, 6.07) is 9.76. The van der Waals surface area contributed by atoms with E-state index in [0.29, 0.717) is 72.8 Å². The molecule has 532 valence electrons. The summed E-state index contributed by atoms with van der Waals surface area (Å²) in [5, 5.41) is 10.5. The van der Waals surface area contributed by atoms with Crippen molar-refractivity contribution in [1.82, 2.24) is 39.6 Å². The lowest BCUT2D eigenvalue weighted by Crippen LogP contribution is -2.48. The van der Waals surface area contributed by atoms with Crippen LogP contribution in [0.2, 0.25) is 0 Å². The number of aromatic nitrogens is 4. The van der Waals surface area contributed by atoms with E-state index in [4.69, 9.17) is 43.6 Å². The van der Waals surface area contributed by atoms with Crippen molar-refractivity contribution in [2.75, 3.05) is 27.3 Å². The third kappa shape index (κ3) is 14.1. The zero-order valence-electron chi connectivity index (χ0n) is 59.1. The molecule has 6 aliphatic rings. The number of carbonyl (C=O) groups is 5. The summed E-state index contributed by atoms with van der Waals surface area (Å²) in [4.78, 5) is 90.0. The Labute approximate surface area is 588 Å². The van der Waals surface area contributed by atoms with Crippen LogP contribution in [-0.2, 0) is 44.0 Å². The van der Waals surface area contributed by atoms with Gasteiger partial charge in [-0.1, -0.05) is 53.7 Å². The Morgan fingerprint density at radius 2 is 1.10 bits per heavy atom. The van der Waals surface area contributed by atoms with E-state index in [0.717, 1.165) is 54.6 Å². The number of rotatable bonds is 24. The number of carbonyl (C=O) groups excluding carboxylic acids is 5. The number of fused-ring (bicyclic) bond motifs is 2. The number of ether oxygens (including phenoxy) is 5. The van der Waals surface area contributed by atoms with Gasteiger partial charge < -0.3 is 29.0 Å². The second-order valence-electron chi connectivity index (χ2n) is 30.0. The van der Waals surface area contributed by atoms with Crippen LogP contribution in [0, 0.1) is 48.3 Å². The number of amides is 3.